The van der Waals surface area contributed by atoms with Crippen molar-refractivity contribution in [2.75, 3.05) is 18.5 Å². The van der Waals surface area contributed by atoms with Crippen LogP contribution in [0, 0.1) is 13.8 Å². The number of aromatic nitrogens is 4. The molecule has 1 aromatic carbocycles. The summed E-state index contributed by atoms with van der Waals surface area (Å²) in [6.07, 6.45) is 2.08. The van der Waals surface area contributed by atoms with E-state index in [-0.39, 0.29) is 13.2 Å². The van der Waals surface area contributed by atoms with Crippen LogP contribution in [0.3, 0.4) is 0 Å². The molecule has 0 aliphatic heterocycles. The van der Waals surface area contributed by atoms with Crippen molar-refractivity contribution in [3.8, 4) is 28.7 Å². The minimum Gasteiger partial charge on any atom is -0.490 e. The number of rotatable bonds is 9. The second kappa shape index (κ2) is 8.99. The lowest BCUT2D eigenvalue weighted by molar-refractivity contribution is 0.0531. The van der Waals surface area contributed by atoms with Crippen LogP contribution < -0.4 is 10.1 Å². The number of benzene rings is 1. The highest BCUT2D eigenvalue weighted by Gasteiger charge is 2.23. The van der Waals surface area contributed by atoms with Crippen LogP contribution in [-0.2, 0) is 6.42 Å². The van der Waals surface area contributed by atoms with Crippen molar-refractivity contribution in [3.63, 3.8) is 0 Å². The van der Waals surface area contributed by atoms with Gasteiger partial charge in [0.15, 0.2) is 0 Å². The van der Waals surface area contributed by atoms with Gasteiger partial charge in [-0.1, -0.05) is 12.1 Å². The zero-order chi connectivity index (χ0) is 22.0. The number of aliphatic hydroxyl groups is 2. The molecule has 31 heavy (non-hydrogen) atoms. The molecule has 1 unspecified atom stereocenters. The number of anilines is 1. The van der Waals surface area contributed by atoms with Gasteiger partial charge in [-0.2, -0.15) is 4.98 Å². The Morgan fingerprint density at radius 3 is 2.71 bits per heavy atom. The first-order valence-electron chi connectivity index (χ1n) is 10.5. The van der Waals surface area contributed by atoms with Crippen molar-refractivity contribution in [2.24, 2.45) is 0 Å². The SMILES string of the molecule is CCc1cc(-c2noc(-c3cc(C)nc(NC4CC4)n3)n2)cc(C)c1OCC(O)CO. The van der Waals surface area contributed by atoms with Crippen LogP contribution in [0.1, 0.15) is 36.6 Å². The largest absolute Gasteiger partial charge is 0.490 e. The second-order valence-corrected chi connectivity index (χ2v) is 7.84. The van der Waals surface area contributed by atoms with E-state index >= 15 is 0 Å². The van der Waals surface area contributed by atoms with E-state index in [1.165, 1.54) is 0 Å². The first kappa shape index (κ1) is 21.2. The van der Waals surface area contributed by atoms with E-state index in [1.807, 2.05) is 39.0 Å². The van der Waals surface area contributed by atoms with Crippen LogP contribution in [0.5, 0.6) is 5.75 Å². The average molecular weight is 425 g/mol. The van der Waals surface area contributed by atoms with Gasteiger partial charge in [-0.25, -0.2) is 9.97 Å². The molecule has 1 fully saturated rings. The lowest BCUT2D eigenvalue weighted by atomic mass is 10.0. The van der Waals surface area contributed by atoms with Crippen molar-refractivity contribution >= 4 is 5.95 Å². The van der Waals surface area contributed by atoms with Crippen LogP contribution in [-0.4, -0.2) is 55.7 Å². The molecule has 164 valence electrons. The highest BCUT2D eigenvalue weighted by Crippen LogP contribution is 2.31. The smallest absolute Gasteiger partial charge is 0.277 e. The van der Waals surface area contributed by atoms with Gasteiger partial charge in [-0.05, 0) is 62.4 Å². The summed E-state index contributed by atoms with van der Waals surface area (Å²) in [5.41, 5.74) is 4.06. The van der Waals surface area contributed by atoms with Crippen molar-refractivity contribution in [1.82, 2.24) is 20.1 Å². The zero-order valence-electron chi connectivity index (χ0n) is 17.9. The van der Waals surface area contributed by atoms with Gasteiger partial charge < -0.3 is 24.8 Å². The number of hydrogen-bond acceptors (Lipinski definition) is 9. The quantitative estimate of drug-likeness (QED) is 0.474. The molecule has 9 nitrogen and oxygen atoms in total. The van der Waals surface area contributed by atoms with E-state index < -0.39 is 6.10 Å². The zero-order valence-corrected chi connectivity index (χ0v) is 17.9. The number of hydrogen-bond donors (Lipinski definition) is 3. The van der Waals surface area contributed by atoms with E-state index in [0.29, 0.717) is 35.1 Å². The molecule has 4 rings (SSSR count). The summed E-state index contributed by atoms with van der Waals surface area (Å²) in [4.78, 5) is 13.5. The normalized spacial score (nSPS) is 14.5. The number of ether oxygens (including phenoxy) is 1. The molecule has 3 N–H and O–H groups in total. The fourth-order valence-electron chi connectivity index (χ4n) is 3.28. The molecule has 1 aliphatic carbocycles. The summed E-state index contributed by atoms with van der Waals surface area (Å²) in [6, 6.07) is 6.14. The summed E-state index contributed by atoms with van der Waals surface area (Å²) >= 11 is 0. The predicted molar refractivity (Wildman–Crippen MR) is 115 cm³/mol. The molecule has 1 aliphatic rings. The number of nitrogens with zero attached hydrogens (tertiary/aromatic N) is 4. The van der Waals surface area contributed by atoms with Gasteiger partial charge >= 0.3 is 0 Å². The molecule has 0 bridgehead atoms. The minimum absolute atomic E-state index is 0.0281. The maximum absolute atomic E-state index is 9.59. The molecule has 0 saturated heterocycles. The minimum atomic E-state index is -0.917. The van der Waals surface area contributed by atoms with Crippen LogP contribution in [0.25, 0.3) is 23.0 Å². The first-order chi connectivity index (χ1) is 15.0. The molecule has 3 aromatic rings. The fraction of sp³-hybridized carbons (Fsp3) is 0.455. The third-order valence-electron chi connectivity index (χ3n) is 5.03. The maximum Gasteiger partial charge on any atom is 0.277 e. The van der Waals surface area contributed by atoms with Crippen molar-refractivity contribution < 1.29 is 19.5 Å². The number of aryl methyl sites for hydroxylation is 3. The lowest BCUT2D eigenvalue weighted by Gasteiger charge is -2.16. The topological polar surface area (TPSA) is 126 Å². The van der Waals surface area contributed by atoms with Crippen LogP contribution in [0.2, 0.25) is 0 Å². The Hall–Kier alpha value is -3.04. The molecule has 1 atom stereocenters. The van der Waals surface area contributed by atoms with E-state index in [1.54, 1.807) is 0 Å². The summed E-state index contributed by atoms with van der Waals surface area (Å²) in [5.74, 6) is 2.07. The van der Waals surface area contributed by atoms with E-state index in [9.17, 15) is 5.11 Å². The summed E-state index contributed by atoms with van der Waals surface area (Å²) in [5, 5.41) is 26.0. The Labute approximate surface area is 180 Å². The van der Waals surface area contributed by atoms with Gasteiger partial charge in [0.05, 0.1) is 6.61 Å². The summed E-state index contributed by atoms with van der Waals surface area (Å²) < 4.78 is 11.2. The van der Waals surface area contributed by atoms with Crippen molar-refractivity contribution in [3.05, 3.63) is 35.0 Å². The second-order valence-electron chi connectivity index (χ2n) is 7.84. The van der Waals surface area contributed by atoms with E-state index in [2.05, 4.69) is 25.4 Å². The number of nitrogens with one attached hydrogen (secondary N) is 1. The Bertz CT molecular complexity index is 1060. The molecule has 1 saturated carbocycles. The predicted octanol–water partition coefficient (Wildman–Crippen LogP) is 2.68. The maximum atomic E-state index is 9.59. The van der Waals surface area contributed by atoms with Gasteiger partial charge in [0.1, 0.15) is 24.2 Å². The summed E-state index contributed by atoms with van der Waals surface area (Å²) in [6.45, 7) is 5.54. The third-order valence-corrected chi connectivity index (χ3v) is 5.03. The highest BCUT2D eigenvalue weighted by atomic mass is 16.5. The first-order valence-corrected chi connectivity index (χ1v) is 10.5. The summed E-state index contributed by atoms with van der Waals surface area (Å²) in [7, 11) is 0. The molecule has 9 heteroatoms. The fourth-order valence-corrected chi connectivity index (χ4v) is 3.28. The Morgan fingerprint density at radius 1 is 1.19 bits per heavy atom. The third kappa shape index (κ3) is 5.00. The standard InChI is InChI=1S/C22H27N5O4/c1-4-14-9-15(7-12(2)19(14)30-11-17(29)10-28)20-26-21(31-27-20)18-8-13(3)23-22(25-18)24-16-5-6-16/h7-9,16-17,28-29H,4-6,10-11H2,1-3H3,(H,23,24,25). The van der Waals surface area contributed by atoms with Gasteiger partial charge in [0, 0.05) is 17.3 Å². The average Bonchev–Trinajstić information content (AvgIpc) is 3.42. The van der Waals surface area contributed by atoms with Crippen LogP contribution in [0.15, 0.2) is 22.7 Å². The van der Waals surface area contributed by atoms with Crippen molar-refractivity contribution in [2.45, 2.75) is 52.2 Å². The van der Waals surface area contributed by atoms with Crippen LogP contribution in [0.4, 0.5) is 5.95 Å². The molecular formula is C22H27N5O4. The monoisotopic (exact) mass is 425 g/mol. The lowest BCUT2D eigenvalue weighted by Crippen LogP contribution is -2.22. The van der Waals surface area contributed by atoms with Gasteiger partial charge in [0.25, 0.3) is 5.89 Å². The Balaban J connectivity index is 1.60. The van der Waals surface area contributed by atoms with E-state index in [4.69, 9.17) is 14.4 Å². The van der Waals surface area contributed by atoms with Crippen LogP contribution >= 0.6 is 0 Å². The number of aliphatic hydroxyl groups excluding tert-OH is 2. The molecular weight excluding hydrogens is 398 g/mol. The molecule has 2 aromatic heterocycles. The van der Waals surface area contributed by atoms with Gasteiger partial charge in [0.2, 0.25) is 11.8 Å². The van der Waals surface area contributed by atoms with E-state index in [0.717, 1.165) is 41.6 Å². The molecule has 0 spiro atoms. The Morgan fingerprint density at radius 2 is 2.00 bits per heavy atom. The molecule has 0 amide bonds. The van der Waals surface area contributed by atoms with Crippen molar-refractivity contribution in [1.29, 1.82) is 0 Å². The van der Waals surface area contributed by atoms with Gasteiger partial charge in [-0.15, -0.1) is 0 Å². The molecule has 2 heterocycles. The highest BCUT2D eigenvalue weighted by molar-refractivity contribution is 5.63. The Kier molecular flexibility index (Phi) is 6.15. The van der Waals surface area contributed by atoms with Gasteiger partial charge in [-0.3, -0.25) is 0 Å². The molecule has 0 radical (unpaired) electrons.